The van der Waals surface area contributed by atoms with Gasteiger partial charge in [0.1, 0.15) is 0 Å². The Kier molecular flexibility index (Phi) is 16.4. The normalized spacial score (nSPS) is 9.70. The monoisotopic (exact) mass is 353 g/mol. The van der Waals surface area contributed by atoms with Gasteiger partial charge in [-0.15, -0.1) is 0 Å². The number of alkyl halides is 3. The van der Waals surface area contributed by atoms with Crippen LogP contribution in [0.3, 0.4) is 0 Å². The first-order valence-electron chi connectivity index (χ1n) is 4.82. The number of carboxylic acids is 1. The first-order valence-corrected chi connectivity index (χ1v) is 4.82. The van der Waals surface area contributed by atoms with Gasteiger partial charge in [0.2, 0.25) is 0 Å². The van der Waals surface area contributed by atoms with E-state index in [1.807, 2.05) is 0 Å². The third-order valence-corrected chi connectivity index (χ3v) is 1.68. The quantitative estimate of drug-likeness (QED) is 0.417. The Balaban J connectivity index is -0.000000117. The summed E-state index contributed by atoms with van der Waals surface area (Å²) in [4.78, 5) is 10.0. The molecule has 106 valence electrons. The molecule has 0 spiro atoms. The van der Waals surface area contributed by atoms with Crippen LogP contribution in [-0.2, 0) is 30.4 Å². The Morgan fingerprint density at radius 2 is 1.65 bits per heavy atom. The zero-order valence-electron chi connectivity index (χ0n) is 11.9. The summed E-state index contributed by atoms with van der Waals surface area (Å²) in [6, 6.07) is 7.01. The van der Waals surface area contributed by atoms with E-state index in [9.17, 15) is 18.0 Å². The van der Waals surface area contributed by atoms with Crippen molar-refractivity contribution < 1.29 is 73.8 Å². The molecule has 0 bridgehead atoms. The van der Waals surface area contributed by atoms with Crippen LogP contribution in [0.4, 0.5) is 13.2 Å². The first kappa shape index (κ1) is 28.2. The second kappa shape index (κ2) is 11.6. The van der Waals surface area contributed by atoms with Crippen LogP contribution < -0.4 is 31.3 Å². The van der Waals surface area contributed by atoms with Gasteiger partial charge in [0.15, 0.2) is 0 Å². The zero-order valence-corrected chi connectivity index (χ0v) is 15.6. The molecule has 1 aromatic carbocycles. The molecule has 0 fully saturated rings. The van der Waals surface area contributed by atoms with Gasteiger partial charge in [-0.3, -0.25) is 4.79 Å². The molecule has 0 aliphatic carbocycles. The molecule has 0 saturated heterocycles. The van der Waals surface area contributed by atoms with Crippen molar-refractivity contribution >= 4 is 5.97 Å². The summed E-state index contributed by atoms with van der Waals surface area (Å²) in [6.45, 7) is 4.99. The molecule has 1 aromatic rings. The van der Waals surface area contributed by atoms with Crippen molar-refractivity contribution in [1.82, 2.24) is 0 Å². The minimum absolute atomic E-state index is 0. The van der Waals surface area contributed by atoms with Crippen molar-refractivity contribution in [3.05, 3.63) is 35.9 Å². The van der Waals surface area contributed by atoms with Gasteiger partial charge in [-0.05, 0) is 20.8 Å². The van der Waals surface area contributed by atoms with Crippen LogP contribution in [-0.4, -0.2) is 11.1 Å². The molecule has 0 atom stereocenters. The van der Waals surface area contributed by atoms with Crippen LogP contribution in [0.25, 0.3) is 0 Å². The third kappa shape index (κ3) is 13.0. The Morgan fingerprint density at radius 1 is 1.25 bits per heavy atom. The maximum absolute atomic E-state index is 11.8. The van der Waals surface area contributed by atoms with Crippen molar-refractivity contribution in [2.45, 2.75) is 26.9 Å². The molecule has 0 unspecified atom stereocenters. The van der Waals surface area contributed by atoms with Crippen LogP contribution >= 0.6 is 0 Å². The molecule has 1 N–H and O–H groups in total. The number of benzene rings is 1. The second-order valence-corrected chi connectivity index (χ2v) is 4.35. The van der Waals surface area contributed by atoms with Gasteiger partial charge < -0.3 is 17.5 Å². The SMILES string of the molecule is CC(C)(C)C(=O)O.FC(F)(F)c1c[c-]ccc1.[Cl-].[Li+].[Zn]. The second-order valence-electron chi connectivity index (χ2n) is 4.35. The standard InChI is InChI=1S/C7H4F3.C5H10O2.ClH.Li.Zn/c8-7(9,10)6-4-2-1-3-5-6;1-5(2,3)4(6)7;;;/h1-2,4-5H;1-3H3,(H,6,7);1H;;/q-1;;;+1;/p-1. The van der Waals surface area contributed by atoms with Crippen LogP contribution in [0.15, 0.2) is 24.3 Å². The number of carboxylic acid groups (broad SMARTS) is 1. The molecule has 0 radical (unpaired) electrons. The fourth-order valence-electron chi connectivity index (χ4n) is 0.570. The number of halogens is 4. The fraction of sp³-hybridized carbons (Fsp3) is 0.417. The van der Waals surface area contributed by atoms with E-state index in [-0.39, 0.29) is 50.7 Å². The Hall–Kier alpha value is -0.00922. The third-order valence-electron chi connectivity index (χ3n) is 1.68. The van der Waals surface area contributed by atoms with Crippen molar-refractivity contribution in [2.75, 3.05) is 0 Å². The summed E-state index contributed by atoms with van der Waals surface area (Å²) in [5.41, 5.74) is -1.24. The van der Waals surface area contributed by atoms with E-state index in [4.69, 9.17) is 5.11 Å². The average Bonchev–Trinajstić information content (AvgIpc) is 2.17. The van der Waals surface area contributed by atoms with E-state index >= 15 is 0 Å². The molecule has 0 saturated carbocycles. The molecule has 0 aromatic heterocycles. The zero-order chi connectivity index (χ0) is 13.7. The van der Waals surface area contributed by atoms with Gasteiger partial charge in [-0.25, -0.2) is 0 Å². The van der Waals surface area contributed by atoms with Gasteiger partial charge >= 0.3 is 31.0 Å². The Labute approximate surface area is 147 Å². The molecule has 0 aliphatic heterocycles. The van der Waals surface area contributed by atoms with Crippen molar-refractivity contribution in [1.29, 1.82) is 0 Å². The average molecular weight is 355 g/mol. The predicted molar refractivity (Wildman–Crippen MR) is 57.4 cm³/mol. The van der Waals surface area contributed by atoms with Crippen LogP contribution in [0.1, 0.15) is 26.3 Å². The summed E-state index contributed by atoms with van der Waals surface area (Å²) < 4.78 is 35.3. The smallest absolute Gasteiger partial charge is 1.00 e. The number of aliphatic carboxylic acids is 1. The first-order chi connectivity index (χ1) is 7.55. The molecule has 0 heterocycles. The van der Waals surface area contributed by atoms with Gasteiger partial charge in [0.05, 0.1) is 5.41 Å². The van der Waals surface area contributed by atoms with Crippen LogP contribution in [0.5, 0.6) is 0 Å². The van der Waals surface area contributed by atoms with E-state index in [1.165, 1.54) is 12.1 Å². The number of hydrogen-bond donors (Lipinski definition) is 1. The van der Waals surface area contributed by atoms with E-state index in [2.05, 4.69) is 6.07 Å². The molecule has 1 rings (SSSR count). The molecular formula is C12H14ClF3LiO2Zn-. The van der Waals surface area contributed by atoms with E-state index in [0.717, 1.165) is 12.1 Å². The topological polar surface area (TPSA) is 37.3 Å². The predicted octanol–water partition coefficient (Wildman–Crippen LogP) is -2.37. The maximum atomic E-state index is 11.8. The summed E-state index contributed by atoms with van der Waals surface area (Å²) in [7, 11) is 0. The minimum Gasteiger partial charge on any atom is -1.00 e. The molecule has 2 nitrogen and oxygen atoms in total. The van der Waals surface area contributed by atoms with Gasteiger partial charge in [-0.1, -0.05) is 5.56 Å². The minimum atomic E-state index is -4.24. The summed E-state index contributed by atoms with van der Waals surface area (Å²) in [5, 5.41) is 8.25. The van der Waals surface area contributed by atoms with Crippen molar-refractivity contribution in [2.24, 2.45) is 5.41 Å². The molecule has 20 heavy (non-hydrogen) atoms. The molecule has 8 heteroatoms. The van der Waals surface area contributed by atoms with E-state index in [1.54, 1.807) is 20.8 Å². The van der Waals surface area contributed by atoms with Gasteiger partial charge in [0, 0.05) is 19.5 Å². The number of hydrogen-bond acceptors (Lipinski definition) is 1. The summed E-state index contributed by atoms with van der Waals surface area (Å²) >= 11 is 0. The molecular weight excluding hydrogens is 341 g/mol. The Morgan fingerprint density at radius 3 is 1.80 bits per heavy atom. The van der Waals surface area contributed by atoms with E-state index < -0.39 is 23.1 Å². The van der Waals surface area contributed by atoms with Gasteiger partial charge in [0.25, 0.3) is 0 Å². The largest absolute Gasteiger partial charge is 1.00 e. The summed E-state index contributed by atoms with van der Waals surface area (Å²) in [6.07, 6.45) is -4.24. The fourth-order valence-corrected chi connectivity index (χ4v) is 0.570. The van der Waals surface area contributed by atoms with Crippen LogP contribution in [0, 0.1) is 11.5 Å². The van der Waals surface area contributed by atoms with Crippen LogP contribution in [0.2, 0.25) is 0 Å². The van der Waals surface area contributed by atoms with Crippen molar-refractivity contribution in [3.8, 4) is 0 Å². The molecule has 0 amide bonds. The van der Waals surface area contributed by atoms with Crippen molar-refractivity contribution in [3.63, 3.8) is 0 Å². The maximum Gasteiger partial charge on any atom is 1.00 e. The van der Waals surface area contributed by atoms with E-state index in [0.29, 0.717) is 0 Å². The molecule has 0 aliphatic rings. The summed E-state index contributed by atoms with van der Waals surface area (Å²) in [5.74, 6) is -0.757. The number of rotatable bonds is 0. The number of carbonyl (C=O) groups is 1. The van der Waals surface area contributed by atoms with Gasteiger partial charge in [-0.2, -0.15) is 43.5 Å². The Bertz CT molecular complexity index is 367.